The van der Waals surface area contributed by atoms with Crippen molar-refractivity contribution in [3.05, 3.63) is 53.8 Å². The minimum Gasteiger partial charge on any atom is -0.496 e. The number of amides is 2. The lowest BCUT2D eigenvalue weighted by Gasteiger charge is -2.11. The monoisotopic (exact) mass is 344 g/mol. The zero-order valence-corrected chi connectivity index (χ0v) is 14.4. The van der Waals surface area contributed by atoms with Gasteiger partial charge in [-0.15, -0.1) is 0 Å². The third kappa shape index (κ3) is 5.31. The second-order valence-corrected chi connectivity index (χ2v) is 6.02. The van der Waals surface area contributed by atoms with E-state index in [2.05, 4.69) is 10.6 Å². The largest absolute Gasteiger partial charge is 0.496 e. The summed E-state index contributed by atoms with van der Waals surface area (Å²) in [6, 6.07) is 10.5. The molecule has 6 heteroatoms. The van der Waals surface area contributed by atoms with Gasteiger partial charge in [0, 0.05) is 17.8 Å². The Balaban J connectivity index is 2.05. The first kappa shape index (κ1) is 18.4. The first-order chi connectivity index (χ1) is 11.9. The molecule has 2 aromatic carbocycles. The van der Waals surface area contributed by atoms with E-state index in [1.165, 1.54) is 19.2 Å². The quantitative estimate of drug-likeness (QED) is 0.830. The van der Waals surface area contributed by atoms with Crippen LogP contribution in [0.1, 0.15) is 30.6 Å². The number of halogens is 1. The van der Waals surface area contributed by atoms with Gasteiger partial charge in [-0.1, -0.05) is 13.8 Å². The zero-order chi connectivity index (χ0) is 18.4. The van der Waals surface area contributed by atoms with Gasteiger partial charge in [-0.3, -0.25) is 9.59 Å². The van der Waals surface area contributed by atoms with Crippen LogP contribution in [-0.2, 0) is 4.79 Å². The summed E-state index contributed by atoms with van der Waals surface area (Å²) in [4.78, 5) is 24.0. The van der Waals surface area contributed by atoms with Crippen molar-refractivity contribution >= 4 is 23.2 Å². The van der Waals surface area contributed by atoms with Crippen molar-refractivity contribution in [2.45, 2.75) is 20.3 Å². The molecule has 0 heterocycles. The Hall–Kier alpha value is -2.89. The van der Waals surface area contributed by atoms with Gasteiger partial charge in [0.1, 0.15) is 11.6 Å². The van der Waals surface area contributed by atoms with Gasteiger partial charge in [-0.05, 0) is 48.4 Å². The normalized spacial score (nSPS) is 10.4. The highest BCUT2D eigenvalue weighted by Crippen LogP contribution is 2.21. The van der Waals surface area contributed by atoms with Crippen LogP contribution >= 0.6 is 0 Å². The number of nitrogens with one attached hydrogen (secondary N) is 2. The molecule has 0 fully saturated rings. The van der Waals surface area contributed by atoms with E-state index in [9.17, 15) is 14.0 Å². The molecule has 0 saturated carbocycles. The van der Waals surface area contributed by atoms with Gasteiger partial charge >= 0.3 is 0 Å². The van der Waals surface area contributed by atoms with Crippen LogP contribution in [0.25, 0.3) is 0 Å². The van der Waals surface area contributed by atoms with Crippen LogP contribution in [-0.4, -0.2) is 18.9 Å². The summed E-state index contributed by atoms with van der Waals surface area (Å²) in [6.07, 6.45) is 0.442. The molecule has 0 atom stereocenters. The smallest absolute Gasteiger partial charge is 0.259 e. The van der Waals surface area contributed by atoms with Gasteiger partial charge in [-0.25, -0.2) is 4.39 Å². The van der Waals surface area contributed by atoms with E-state index in [4.69, 9.17) is 4.74 Å². The van der Waals surface area contributed by atoms with Crippen LogP contribution in [0, 0.1) is 11.7 Å². The highest BCUT2D eigenvalue weighted by molar-refractivity contribution is 6.06. The molecule has 2 aromatic rings. The van der Waals surface area contributed by atoms with Crippen molar-refractivity contribution in [1.82, 2.24) is 0 Å². The molecule has 0 aliphatic heterocycles. The predicted octanol–water partition coefficient (Wildman–Crippen LogP) is 4.07. The summed E-state index contributed by atoms with van der Waals surface area (Å²) in [5.74, 6) is -0.491. The number of methoxy groups -OCH3 is 1. The number of ether oxygens (including phenoxy) is 1. The Morgan fingerprint density at radius 2 is 1.64 bits per heavy atom. The fourth-order valence-electron chi connectivity index (χ4n) is 2.28. The molecule has 0 saturated heterocycles. The van der Waals surface area contributed by atoms with E-state index in [0.717, 1.165) is 6.07 Å². The second kappa shape index (κ2) is 8.28. The van der Waals surface area contributed by atoms with Gasteiger partial charge in [0.15, 0.2) is 0 Å². The lowest BCUT2D eigenvalue weighted by atomic mass is 10.1. The summed E-state index contributed by atoms with van der Waals surface area (Å²) >= 11 is 0. The molecular weight excluding hydrogens is 323 g/mol. The van der Waals surface area contributed by atoms with Crippen LogP contribution in [0.15, 0.2) is 42.5 Å². The van der Waals surface area contributed by atoms with E-state index < -0.39 is 11.7 Å². The first-order valence-corrected chi connectivity index (χ1v) is 7.94. The molecule has 132 valence electrons. The van der Waals surface area contributed by atoms with Gasteiger partial charge < -0.3 is 15.4 Å². The molecule has 2 amide bonds. The first-order valence-electron chi connectivity index (χ1n) is 7.94. The average molecular weight is 344 g/mol. The Morgan fingerprint density at radius 1 is 1.04 bits per heavy atom. The summed E-state index contributed by atoms with van der Waals surface area (Å²) in [6.45, 7) is 3.94. The number of hydrogen-bond acceptors (Lipinski definition) is 3. The second-order valence-electron chi connectivity index (χ2n) is 6.02. The van der Waals surface area contributed by atoms with E-state index in [0.29, 0.717) is 17.8 Å². The minimum atomic E-state index is -0.519. The topological polar surface area (TPSA) is 67.4 Å². The highest BCUT2D eigenvalue weighted by atomic mass is 19.1. The van der Waals surface area contributed by atoms with E-state index in [1.54, 1.807) is 24.3 Å². The third-order valence-electron chi connectivity index (χ3n) is 3.43. The fourth-order valence-corrected chi connectivity index (χ4v) is 2.28. The van der Waals surface area contributed by atoms with Crippen molar-refractivity contribution in [3.63, 3.8) is 0 Å². The number of carbonyl (C=O) groups excluding carboxylic acids is 2. The van der Waals surface area contributed by atoms with Crippen LogP contribution in [0.3, 0.4) is 0 Å². The standard InChI is InChI=1S/C19H21FN2O3/c1-12(2)10-18(23)21-14-5-7-15(8-6-14)22-19(24)16-11-13(20)4-9-17(16)25-3/h4-9,11-12H,10H2,1-3H3,(H,21,23)(H,22,24). The van der Waals surface area contributed by atoms with Gasteiger partial charge in [0.25, 0.3) is 5.91 Å². The Labute approximate surface area is 146 Å². The van der Waals surface area contributed by atoms with Crippen molar-refractivity contribution in [1.29, 1.82) is 0 Å². The third-order valence-corrected chi connectivity index (χ3v) is 3.43. The van der Waals surface area contributed by atoms with Gasteiger partial charge in [0.2, 0.25) is 5.91 Å². The molecular formula is C19H21FN2O3. The van der Waals surface area contributed by atoms with E-state index in [1.807, 2.05) is 13.8 Å². The van der Waals surface area contributed by atoms with Crippen LogP contribution < -0.4 is 15.4 Å². The number of rotatable bonds is 6. The average Bonchev–Trinajstić information content (AvgIpc) is 2.55. The Kier molecular flexibility index (Phi) is 6.11. The predicted molar refractivity (Wildman–Crippen MR) is 95.4 cm³/mol. The van der Waals surface area contributed by atoms with E-state index in [-0.39, 0.29) is 23.1 Å². The Morgan fingerprint density at radius 3 is 2.20 bits per heavy atom. The summed E-state index contributed by atoms with van der Waals surface area (Å²) in [5.41, 5.74) is 1.28. The maximum atomic E-state index is 13.4. The molecule has 0 spiro atoms. The van der Waals surface area contributed by atoms with Crippen molar-refractivity contribution in [2.75, 3.05) is 17.7 Å². The number of carbonyl (C=O) groups is 2. The van der Waals surface area contributed by atoms with E-state index >= 15 is 0 Å². The SMILES string of the molecule is COc1ccc(F)cc1C(=O)Nc1ccc(NC(=O)CC(C)C)cc1. The summed E-state index contributed by atoms with van der Waals surface area (Å²) in [5, 5.41) is 5.46. The lowest BCUT2D eigenvalue weighted by molar-refractivity contribution is -0.116. The van der Waals surface area contributed by atoms with Crippen LogP contribution in [0.5, 0.6) is 5.75 Å². The molecule has 2 rings (SSSR count). The highest BCUT2D eigenvalue weighted by Gasteiger charge is 2.14. The van der Waals surface area contributed by atoms with Crippen molar-refractivity contribution in [3.8, 4) is 5.75 Å². The zero-order valence-electron chi connectivity index (χ0n) is 14.4. The molecule has 0 aliphatic carbocycles. The number of anilines is 2. The maximum absolute atomic E-state index is 13.4. The van der Waals surface area contributed by atoms with Crippen molar-refractivity contribution in [2.24, 2.45) is 5.92 Å². The molecule has 0 aromatic heterocycles. The molecule has 0 unspecified atom stereocenters. The maximum Gasteiger partial charge on any atom is 0.259 e. The molecule has 0 bridgehead atoms. The van der Waals surface area contributed by atoms with Gasteiger partial charge in [-0.2, -0.15) is 0 Å². The number of benzene rings is 2. The molecule has 0 aliphatic rings. The molecule has 0 radical (unpaired) electrons. The number of hydrogen-bond donors (Lipinski definition) is 2. The fraction of sp³-hybridized carbons (Fsp3) is 0.263. The van der Waals surface area contributed by atoms with Gasteiger partial charge in [0.05, 0.1) is 12.7 Å². The molecule has 5 nitrogen and oxygen atoms in total. The minimum absolute atomic E-state index is 0.0590. The van der Waals surface area contributed by atoms with Crippen LogP contribution in [0.4, 0.5) is 15.8 Å². The summed E-state index contributed by atoms with van der Waals surface area (Å²) < 4.78 is 18.5. The lowest BCUT2D eigenvalue weighted by Crippen LogP contribution is -2.15. The molecule has 25 heavy (non-hydrogen) atoms. The Bertz CT molecular complexity index is 758. The summed E-state index contributed by atoms with van der Waals surface area (Å²) in [7, 11) is 1.42. The molecule has 2 N–H and O–H groups in total. The van der Waals surface area contributed by atoms with Crippen LogP contribution in [0.2, 0.25) is 0 Å². The van der Waals surface area contributed by atoms with Crippen molar-refractivity contribution < 1.29 is 18.7 Å².